The molecule has 0 spiro atoms. The molecular weight excluding hydrogens is 254 g/mol. The van der Waals surface area contributed by atoms with Crippen molar-refractivity contribution in [3.8, 4) is 0 Å². The van der Waals surface area contributed by atoms with Crippen molar-refractivity contribution in [1.82, 2.24) is 4.98 Å². The zero-order valence-electron chi connectivity index (χ0n) is 12.3. The minimum Gasteiger partial charge on any atom is -0.477 e. The smallest absolute Gasteiger partial charge is 0.341 e. The van der Waals surface area contributed by atoms with Gasteiger partial charge >= 0.3 is 5.97 Å². The van der Waals surface area contributed by atoms with Crippen molar-refractivity contribution >= 4 is 5.97 Å². The fourth-order valence-corrected chi connectivity index (χ4v) is 3.08. The van der Waals surface area contributed by atoms with Gasteiger partial charge in [0.1, 0.15) is 5.56 Å². The van der Waals surface area contributed by atoms with Crippen LogP contribution in [0, 0.1) is 0 Å². The normalized spacial score (nSPS) is 16.9. The fourth-order valence-electron chi connectivity index (χ4n) is 3.08. The van der Waals surface area contributed by atoms with Crippen LogP contribution in [-0.4, -0.2) is 16.1 Å². The molecule has 0 aromatic carbocycles. The highest BCUT2D eigenvalue weighted by molar-refractivity contribution is 5.89. The van der Waals surface area contributed by atoms with E-state index in [0.717, 1.165) is 48.9 Å². The molecule has 0 saturated carbocycles. The third kappa shape index (κ3) is 2.79. The van der Waals surface area contributed by atoms with E-state index < -0.39 is 11.5 Å². The molecule has 20 heavy (non-hydrogen) atoms. The van der Waals surface area contributed by atoms with Gasteiger partial charge in [-0.15, -0.1) is 0 Å². The van der Waals surface area contributed by atoms with Gasteiger partial charge < -0.3 is 10.1 Å². The third-order valence-electron chi connectivity index (χ3n) is 4.39. The Morgan fingerprint density at radius 1 is 1.20 bits per heavy atom. The second kappa shape index (κ2) is 6.25. The van der Waals surface area contributed by atoms with Gasteiger partial charge in [0.25, 0.3) is 5.56 Å². The lowest BCUT2D eigenvalue weighted by molar-refractivity contribution is 0.0693. The highest BCUT2D eigenvalue weighted by atomic mass is 16.4. The van der Waals surface area contributed by atoms with Crippen molar-refractivity contribution in [1.29, 1.82) is 0 Å². The number of aromatic nitrogens is 1. The molecule has 2 rings (SSSR count). The Morgan fingerprint density at radius 3 is 2.35 bits per heavy atom. The molecule has 1 heterocycles. The maximum absolute atomic E-state index is 12.1. The van der Waals surface area contributed by atoms with E-state index in [1.807, 2.05) is 0 Å². The molecular formula is C16H23NO3. The van der Waals surface area contributed by atoms with Gasteiger partial charge in [-0.3, -0.25) is 4.79 Å². The number of rotatable bonds is 3. The molecule has 110 valence electrons. The van der Waals surface area contributed by atoms with Crippen LogP contribution >= 0.6 is 0 Å². The number of H-pyrrole nitrogens is 1. The minimum atomic E-state index is -1.10. The van der Waals surface area contributed by atoms with Gasteiger partial charge in [0.05, 0.1) is 0 Å². The van der Waals surface area contributed by atoms with Crippen LogP contribution < -0.4 is 5.56 Å². The van der Waals surface area contributed by atoms with Crippen LogP contribution in [0.3, 0.4) is 0 Å². The standard InChI is InChI=1S/C16H23NO3/c1-3-10(2)14-12-9-7-5-4-6-8-11(12)13(16(19)20)15(18)17-14/h10H,3-9H2,1-2H3,(H,17,18)(H,19,20). The van der Waals surface area contributed by atoms with Gasteiger partial charge in [-0.1, -0.05) is 26.7 Å². The van der Waals surface area contributed by atoms with Crippen LogP contribution in [0.25, 0.3) is 0 Å². The number of pyridine rings is 1. The number of nitrogens with one attached hydrogen (secondary N) is 1. The molecule has 1 atom stereocenters. The van der Waals surface area contributed by atoms with Gasteiger partial charge in [-0.25, -0.2) is 4.79 Å². The molecule has 0 aliphatic heterocycles. The van der Waals surface area contributed by atoms with E-state index in [4.69, 9.17) is 0 Å². The average molecular weight is 277 g/mol. The Morgan fingerprint density at radius 2 is 1.80 bits per heavy atom. The number of hydrogen-bond donors (Lipinski definition) is 2. The van der Waals surface area contributed by atoms with Crippen molar-refractivity contribution in [2.45, 2.75) is 64.7 Å². The number of fused-ring (bicyclic) bond motifs is 1. The van der Waals surface area contributed by atoms with E-state index in [-0.39, 0.29) is 11.5 Å². The highest BCUT2D eigenvalue weighted by Crippen LogP contribution is 2.28. The Balaban J connectivity index is 2.67. The number of carbonyl (C=O) groups is 1. The molecule has 0 fully saturated rings. The molecule has 0 amide bonds. The molecule has 0 radical (unpaired) electrons. The zero-order chi connectivity index (χ0) is 14.7. The summed E-state index contributed by atoms with van der Waals surface area (Å²) in [7, 11) is 0. The Hall–Kier alpha value is -1.58. The van der Waals surface area contributed by atoms with Crippen molar-refractivity contribution in [3.63, 3.8) is 0 Å². The Labute approximate surface area is 119 Å². The summed E-state index contributed by atoms with van der Waals surface area (Å²) in [6.07, 6.45) is 6.87. The van der Waals surface area contributed by atoms with Gasteiger partial charge in [-0.05, 0) is 49.1 Å². The average Bonchev–Trinajstić information content (AvgIpc) is 2.38. The summed E-state index contributed by atoms with van der Waals surface area (Å²) in [6.45, 7) is 4.17. The lowest BCUT2D eigenvalue weighted by Crippen LogP contribution is -2.26. The minimum absolute atomic E-state index is 0.0334. The largest absolute Gasteiger partial charge is 0.477 e. The second-order valence-corrected chi connectivity index (χ2v) is 5.73. The van der Waals surface area contributed by atoms with Crippen molar-refractivity contribution in [2.75, 3.05) is 0 Å². The van der Waals surface area contributed by atoms with E-state index in [2.05, 4.69) is 18.8 Å². The maximum Gasteiger partial charge on any atom is 0.341 e. The molecule has 0 saturated heterocycles. The first-order valence-corrected chi connectivity index (χ1v) is 7.57. The summed E-state index contributed by atoms with van der Waals surface area (Å²) >= 11 is 0. The van der Waals surface area contributed by atoms with Crippen LogP contribution in [0.2, 0.25) is 0 Å². The molecule has 1 aliphatic rings. The summed E-state index contributed by atoms with van der Waals surface area (Å²) < 4.78 is 0. The molecule has 4 nitrogen and oxygen atoms in total. The molecule has 0 bridgehead atoms. The fraction of sp³-hybridized carbons (Fsp3) is 0.625. The first-order valence-electron chi connectivity index (χ1n) is 7.57. The predicted octanol–water partition coefficient (Wildman–Crippen LogP) is 3.25. The molecule has 1 aliphatic carbocycles. The topological polar surface area (TPSA) is 70.2 Å². The highest BCUT2D eigenvalue weighted by Gasteiger charge is 2.24. The summed E-state index contributed by atoms with van der Waals surface area (Å²) in [5.74, 6) is -0.836. The van der Waals surface area contributed by atoms with Gasteiger partial charge in [0.15, 0.2) is 0 Å². The van der Waals surface area contributed by atoms with Crippen LogP contribution in [0.5, 0.6) is 0 Å². The van der Waals surface area contributed by atoms with Crippen molar-refractivity contribution in [2.24, 2.45) is 0 Å². The van der Waals surface area contributed by atoms with Crippen LogP contribution in [0.15, 0.2) is 4.79 Å². The van der Waals surface area contributed by atoms with Gasteiger partial charge in [-0.2, -0.15) is 0 Å². The first-order chi connectivity index (χ1) is 9.56. The van der Waals surface area contributed by atoms with E-state index >= 15 is 0 Å². The summed E-state index contributed by atoms with van der Waals surface area (Å²) in [5.41, 5.74) is 2.37. The monoisotopic (exact) mass is 277 g/mol. The summed E-state index contributed by atoms with van der Waals surface area (Å²) in [4.78, 5) is 26.4. The molecule has 1 unspecified atom stereocenters. The SMILES string of the molecule is CCC(C)c1[nH]c(=O)c(C(=O)O)c2c1CCCCCC2. The van der Waals surface area contributed by atoms with E-state index in [1.54, 1.807) is 0 Å². The number of hydrogen-bond acceptors (Lipinski definition) is 2. The summed E-state index contributed by atoms with van der Waals surface area (Å²) in [5, 5.41) is 9.35. The molecule has 1 aromatic rings. The van der Waals surface area contributed by atoms with Gasteiger partial charge in [0.2, 0.25) is 0 Å². The van der Waals surface area contributed by atoms with Crippen LogP contribution in [-0.2, 0) is 12.8 Å². The van der Waals surface area contributed by atoms with Crippen molar-refractivity contribution in [3.05, 3.63) is 32.7 Å². The van der Waals surface area contributed by atoms with E-state index in [1.165, 1.54) is 6.42 Å². The van der Waals surface area contributed by atoms with Crippen LogP contribution in [0.1, 0.15) is 79.0 Å². The zero-order valence-corrected chi connectivity index (χ0v) is 12.3. The second-order valence-electron chi connectivity index (χ2n) is 5.73. The number of carboxylic acid groups (broad SMARTS) is 1. The van der Waals surface area contributed by atoms with Crippen LogP contribution in [0.4, 0.5) is 0 Å². The number of aromatic carboxylic acids is 1. The number of aromatic amines is 1. The predicted molar refractivity (Wildman–Crippen MR) is 78.6 cm³/mol. The third-order valence-corrected chi connectivity index (χ3v) is 4.39. The summed E-state index contributed by atoms with van der Waals surface area (Å²) in [6, 6.07) is 0. The van der Waals surface area contributed by atoms with E-state index in [0.29, 0.717) is 6.42 Å². The first kappa shape index (κ1) is 14.8. The quantitative estimate of drug-likeness (QED) is 0.891. The maximum atomic E-state index is 12.1. The lowest BCUT2D eigenvalue weighted by atomic mass is 9.86. The lowest BCUT2D eigenvalue weighted by Gasteiger charge is -2.22. The number of carboxylic acids is 1. The molecule has 2 N–H and O–H groups in total. The van der Waals surface area contributed by atoms with E-state index in [9.17, 15) is 14.7 Å². The Bertz CT molecular complexity index is 560. The van der Waals surface area contributed by atoms with Crippen molar-refractivity contribution < 1.29 is 9.90 Å². The van der Waals surface area contributed by atoms with Gasteiger partial charge in [0, 0.05) is 5.69 Å². The molecule has 1 aromatic heterocycles. The molecule has 4 heteroatoms. The Kier molecular flexibility index (Phi) is 4.63.